The molecule has 27 heavy (non-hydrogen) atoms. The molecule has 0 aliphatic carbocycles. The molecule has 0 unspecified atom stereocenters. The van der Waals surface area contributed by atoms with Crippen LogP contribution >= 0.6 is 11.8 Å². The van der Waals surface area contributed by atoms with Crippen molar-refractivity contribution in [1.82, 2.24) is 0 Å². The first kappa shape index (κ1) is 19.2. The molecule has 0 aliphatic rings. The molecule has 2 nitrogen and oxygen atoms in total. The van der Waals surface area contributed by atoms with Crippen LogP contribution in [0.1, 0.15) is 21.5 Å². The summed E-state index contributed by atoms with van der Waals surface area (Å²) in [4.78, 5) is 11.7. The lowest BCUT2D eigenvalue weighted by Crippen LogP contribution is -2.11. The molecular weight excluding hydrogens is 371 g/mol. The summed E-state index contributed by atoms with van der Waals surface area (Å²) in [5, 5.41) is 0. The van der Waals surface area contributed by atoms with Crippen molar-refractivity contribution in [2.24, 2.45) is 5.73 Å². The molecule has 0 aromatic heterocycles. The van der Waals surface area contributed by atoms with Crippen molar-refractivity contribution in [3.63, 3.8) is 0 Å². The van der Waals surface area contributed by atoms with E-state index in [4.69, 9.17) is 5.73 Å². The fraction of sp³-hybridized carbons (Fsp3) is 0.0952. The lowest BCUT2D eigenvalue weighted by atomic mass is 9.99. The molecule has 0 radical (unpaired) electrons. The van der Waals surface area contributed by atoms with Gasteiger partial charge in [-0.05, 0) is 34.9 Å². The van der Waals surface area contributed by atoms with Crippen molar-refractivity contribution in [2.75, 3.05) is 0 Å². The Balaban J connectivity index is 2.19. The Kier molecular flexibility index (Phi) is 5.68. The van der Waals surface area contributed by atoms with Gasteiger partial charge >= 0.3 is 6.18 Å². The van der Waals surface area contributed by atoms with Crippen molar-refractivity contribution in [2.45, 2.75) is 22.5 Å². The standard InChI is InChI=1S/C21H16F3NOS/c22-21(23,24)18-11-16(14-6-2-1-3-7-14)10-17(12-25)20(18)27-19-9-5-4-8-15(19)13-26/h1-11,13H,12,25H2. The van der Waals surface area contributed by atoms with Gasteiger partial charge < -0.3 is 5.73 Å². The molecule has 3 rings (SSSR count). The van der Waals surface area contributed by atoms with Crippen LogP contribution in [0.2, 0.25) is 0 Å². The molecule has 0 atom stereocenters. The molecule has 0 amide bonds. The summed E-state index contributed by atoms with van der Waals surface area (Å²) in [7, 11) is 0. The second-order valence-corrected chi connectivity index (χ2v) is 6.89. The lowest BCUT2D eigenvalue weighted by Gasteiger charge is -2.19. The van der Waals surface area contributed by atoms with E-state index in [-0.39, 0.29) is 11.4 Å². The van der Waals surface area contributed by atoms with Gasteiger partial charge in [-0.25, -0.2) is 0 Å². The first-order valence-electron chi connectivity index (χ1n) is 8.15. The fourth-order valence-corrected chi connectivity index (χ4v) is 3.91. The molecule has 0 heterocycles. The van der Waals surface area contributed by atoms with Crippen LogP contribution in [0.5, 0.6) is 0 Å². The highest BCUT2D eigenvalue weighted by Crippen LogP contribution is 2.44. The number of nitrogens with two attached hydrogens (primary N) is 1. The average molecular weight is 387 g/mol. The van der Waals surface area contributed by atoms with Gasteiger partial charge in [0.25, 0.3) is 0 Å². The van der Waals surface area contributed by atoms with Gasteiger partial charge in [-0.15, -0.1) is 0 Å². The number of hydrogen-bond donors (Lipinski definition) is 1. The van der Waals surface area contributed by atoms with E-state index < -0.39 is 11.7 Å². The van der Waals surface area contributed by atoms with Gasteiger partial charge in [0.2, 0.25) is 0 Å². The van der Waals surface area contributed by atoms with Crippen LogP contribution in [0, 0.1) is 0 Å². The minimum absolute atomic E-state index is 0.0268. The normalized spacial score (nSPS) is 11.4. The van der Waals surface area contributed by atoms with Gasteiger partial charge in [0.05, 0.1) is 5.56 Å². The van der Waals surface area contributed by atoms with E-state index in [0.717, 1.165) is 17.8 Å². The quantitative estimate of drug-likeness (QED) is 0.563. The maximum Gasteiger partial charge on any atom is 0.417 e. The molecule has 3 aromatic carbocycles. The Labute approximate surface area is 159 Å². The summed E-state index contributed by atoms with van der Waals surface area (Å²) < 4.78 is 41.5. The number of halogens is 3. The van der Waals surface area contributed by atoms with Crippen LogP contribution in [0.4, 0.5) is 13.2 Å². The van der Waals surface area contributed by atoms with Crippen LogP contribution in [0.25, 0.3) is 11.1 Å². The monoisotopic (exact) mass is 387 g/mol. The van der Waals surface area contributed by atoms with E-state index in [0.29, 0.717) is 33.4 Å². The summed E-state index contributed by atoms with van der Waals surface area (Å²) in [6, 6.07) is 18.2. The lowest BCUT2D eigenvalue weighted by molar-refractivity contribution is -0.139. The van der Waals surface area contributed by atoms with Crippen molar-refractivity contribution >= 4 is 18.0 Å². The van der Waals surface area contributed by atoms with Gasteiger partial charge in [0.15, 0.2) is 6.29 Å². The summed E-state index contributed by atoms with van der Waals surface area (Å²) in [6.45, 7) is -0.0463. The highest BCUT2D eigenvalue weighted by Gasteiger charge is 2.35. The number of benzene rings is 3. The fourth-order valence-electron chi connectivity index (χ4n) is 2.75. The Hall–Kier alpha value is -2.57. The second-order valence-electron chi connectivity index (χ2n) is 5.84. The van der Waals surface area contributed by atoms with Gasteiger partial charge in [-0.2, -0.15) is 13.2 Å². The third kappa shape index (κ3) is 4.23. The minimum atomic E-state index is -4.55. The first-order valence-corrected chi connectivity index (χ1v) is 8.97. The summed E-state index contributed by atoms with van der Waals surface area (Å²) in [5.74, 6) is 0. The van der Waals surface area contributed by atoms with Crippen LogP contribution in [-0.2, 0) is 12.7 Å². The van der Waals surface area contributed by atoms with Crippen molar-refractivity contribution < 1.29 is 18.0 Å². The van der Waals surface area contributed by atoms with Crippen molar-refractivity contribution in [3.05, 3.63) is 83.4 Å². The zero-order valence-electron chi connectivity index (χ0n) is 14.2. The smallest absolute Gasteiger partial charge is 0.326 e. The maximum absolute atomic E-state index is 13.8. The molecule has 0 spiro atoms. The van der Waals surface area contributed by atoms with E-state index in [9.17, 15) is 18.0 Å². The van der Waals surface area contributed by atoms with Gasteiger partial charge in [0.1, 0.15) is 0 Å². The molecule has 3 aromatic rings. The molecule has 6 heteroatoms. The molecule has 0 aliphatic heterocycles. The van der Waals surface area contributed by atoms with Crippen LogP contribution < -0.4 is 5.73 Å². The Morgan fingerprint density at radius 3 is 2.22 bits per heavy atom. The molecule has 138 valence electrons. The number of rotatable bonds is 5. The SMILES string of the molecule is NCc1cc(-c2ccccc2)cc(C(F)(F)F)c1Sc1ccccc1C=O. The summed E-state index contributed by atoms with van der Waals surface area (Å²) in [5.41, 5.74) is 6.89. The third-order valence-corrected chi connectivity index (χ3v) is 5.33. The van der Waals surface area contributed by atoms with Crippen LogP contribution in [0.3, 0.4) is 0 Å². The maximum atomic E-state index is 13.8. The highest BCUT2D eigenvalue weighted by atomic mass is 32.2. The molecule has 0 saturated carbocycles. The van der Waals surface area contributed by atoms with E-state index in [2.05, 4.69) is 0 Å². The summed E-state index contributed by atoms with van der Waals surface area (Å²) in [6.07, 6.45) is -3.91. The van der Waals surface area contributed by atoms with E-state index in [1.54, 1.807) is 60.7 Å². The van der Waals surface area contributed by atoms with Gasteiger partial charge in [-0.1, -0.05) is 60.3 Å². The average Bonchev–Trinajstić information content (AvgIpc) is 2.68. The number of aldehydes is 1. The Morgan fingerprint density at radius 1 is 0.926 bits per heavy atom. The predicted molar refractivity (Wildman–Crippen MR) is 101 cm³/mol. The van der Waals surface area contributed by atoms with Crippen molar-refractivity contribution in [3.8, 4) is 11.1 Å². The topological polar surface area (TPSA) is 43.1 Å². The molecule has 2 N–H and O–H groups in total. The Morgan fingerprint density at radius 2 is 1.59 bits per heavy atom. The molecule has 0 saturated heterocycles. The highest BCUT2D eigenvalue weighted by molar-refractivity contribution is 7.99. The van der Waals surface area contributed by atoms with Gasteiger partial charge in [0, 0.05) is 21.9 Å². The van der Waals surface area contributed by atoms with E-state index in [1.165, 1.54) is 0 Å². The zero-order valence-corrected chi connectivity index (χ0v) is 15.0. The predicted octanol–water partition coefficient (Wildman–Crippen LogP) is 5.79. The third-order valence-electron chi connectivity index (χ3n) is 4.06. The van der Waals surface area contributed by atoms with Crippen LogP contribution in [-0.4, -0.2) is 6.29 Å². The number of carbonyl (C=O) groups is 1. The molecular formula is C21H16F3NOS. The van der Waals surface area contributed by atoms with Crippen molar-refractivity contribution in [1.29, 1.82) is 0 Å². The minimum Gasteiger partial charge on any atom is -0.326 e. The Bertz CT molecular complexity index is 955. The largest absolute Gasteiger partial charge is 0.417 e. The zero-order chi connectivity index (χ0) is 19.4. The molecule has 0 bridgehead atoms. The second kappa shape index (κ2) is 7.98. The number of carbonyl (C=O) groups excluding carboxylic acids is 1. The first-order chi connectivity index (χ1) is 12.9. The number of hydrogen-bond acceptors (Lipinski definition) is 3. The number of alkyl halides is 3. The summed E-state index contributed by atoms with van der Waals surface area (Å²) >= 11 is 0.916. The van der Waals surface area contributed by atoms with Gasteiger partial charge in [-0.3, -0.25) is 4.79 Å². The van der Waals surface area contributed by atoms with Crippen LogP contribution in [0.15, 0.2) is 76.5 Å². The molecule has 0 fully saturated rings. The van der Waals surface area contributed by atoms with E-state index in [1.807, 2.05) is 0 Å². The van der Waals surface area contributed by atoms with E-state index >= 15 is 0 Å².